The van der Waals surface area contributed by atoms with E-state index in [4.69, 9.17) is 13.9 Å². The predicted molar refractivity (Wildman–Crippen MR) is 140 cm³/mol. The molecule has 0 aliphatic heterocycles. The molecule has 0 unspecified atom stereocenters. The lowest BCUT2D eigenvalue weighted by atomic mass is 9.96. The normalized spacial score (nSPS) is 10.7. The Morgan fingerprint density at radius 3 is 2.03 bits per heavy atom. The van der Waals surface area contributed by atoms with Crippen molar-refractivity contribution < 1.29 is 32.7 Å². The number of ether oxygens (including phenoxy) is 2. The number of rotatable bonds is 10. The van der Waals surface area contributed by atoms with Crippen molar-refractivity contribution in [2.24, 2.45) is 0 Å². The van der Waals surface area contributed by atoms with Crippen molar-refractivity contribution in [3.63, 3.8) is 0 Å². The minimum atomic E-state index is -1.16. The summed E-state index contributed by atoms with van der Waals surface area (Å²) in [6.07, 6.45) is 0. The van der Waals surface area contributed by atoms with Crippen LogP contribution >= 0.6 is 0 Å². The number of carbonyl (C=O) groups is 3. The summed E-state index contributed by atoms with van der Waals surface area (Å²) >= 11 is 0. The first-order valence-corrected chi connectivity index (χ1v) is 12.1. The molecular formula is C28H25FN4O6. The second-order valence-electron chi connectivity index (χ2n) is 8.11. The number of benzene rings is 3. The van der Waals surface area contributed by atoms with Gasteiger partial charge < -0.3 is 24.5 Å². The van der Waals surface area contributed by atoms with Crippen LogP contribution in [-0.4, -0.2) is 41.3 Å². The van der Waals surface area contributed by atoms with Gasteiger partial charge in [-0.05, 0) is 54.8 Å². The molecule has 0 saturated carbocycles. The zero-order valence-electron chi connectivity index (χ0n) is 21.1. The topological polar surface area (TPSA) is 133 Å². The molecule has 11 heteroatoms. The Balaban J connectivity index is 1.41. The van der Waals surface area contributed by atoms with Gasteiger partial charge in [-0.15, -0.1) is 5.10 Å². The maximum Gasteiger partial charge on any atom is 0.324 e. The summed E-state index contributed by atoms with van der Waals surface area (Å²) in [5, 5.41) is 12.7. The number of esters is 2. The summed E-state index contributed by atoms with van der Waals surface area (Å²) < 4.78 is 29.2. The summed E-state index contributed by atoms with van der Waals surface area (Å²) in [5.74, 6) is -3.94. The van der Waals surface area contributed by atoms with Crippen molar-refractivity contribution in [2.75, 3.05) is 23.8 Å². The molecule has 2 N–H and O–H groups in total. The van der Waals surface area contributed by atoms with Gasteiger partial charge in [-0.25, -0.2) is 4.39 Å². The first kappa shape index (κ1) is 27.0. The first-order valence-electron chi connectivity index (χ1n) is 12.1. The van der Waals surface area contributed by atoms with Crippen molar-refractivity contribution in [3.05, 3.63) is 90.1 Å². The van der Waals surface area contributed by atoms with Gasteiger partial charge in [0.25, 0.3) is 0 Å². The molecule has 0 aliphatic rings. The Morgan fingerprint density at radius 2 is 1.44 bits per heavy atom. The monoisotopic (exact) mass is 532 g/mol. The first-order chi connectivity index (χ1) is 18.9. The van der Waals surface area contributed by atoms with Gasteiger partial charge in [0.2, 0.25) is 0 Å². The average molecular weight is 533 g/mol. The number of halogens is 1. The zero-order chi connectivity index (χ0) is 27.8. The predicted octanol–water partition coefficient (Wildman–Crippen LogP) is 5.08. The Bertz CT molecular complexity index is 1440. The SMILES string of the molecule is CCOC(=O)C(C(=O)OCC)c1ccc(-c2ccc(NC(=O)c3nnc(Nc4ccccc4F)o3)cc2)cc1. The van der Waals surface area contributed by atoms with E-state index in [1.807, 2.05) is 0 Å². The second kappa shape index (κ2) is 12.5. The Morgan fingerprint density at radius 1 is 0.846 bits per heavy atom. The van der Waals surface area contributed by atoms with Crippen molar-refractivity contribution in [1.82, 2.24) is 10.2 Å². The van der Waals surface area contributed by atoms with Gasteiger partial charge in [0.05, 0.1) is 18.9 Å². The largest absolute Gasteiger partial charge is 0.465 e. The van der Waals surface area contributed by atoms with Gasteiger partial charge in [-0.1, -0.05) is 53.6 Å². The smallest absolute Gasteiger partial charge is 0.324 e. The molecule has 0 spiro atoms. The minimum Gasteiger partial charge on any atom is -0.465 e. The number of amides is 1. The summed E-state index contributed by atoms with van der Waals surface area (Å²) in [4.78, 5) is 37.2. The van der Waals surface area contributed by atoms with Crippen LogP contribution in [0.1, 0.15) is 36.0 Å². The third-order valence-corrected chi connectivity index (χ3v) is 5.50. The molecule has 39 heavy (non-hydrogen) atoms. The maximum atomic E-state index is 13.8. The van der Waals surface area contributed by atoms with Crippen molar-refractivity contribution in [3.8, 4) is 11.1 Å². The van der Waals surface area contributed by atoms with Crippen molar-refractivity contribution in [2.45, 2.75) is 19.8 Å². The molecule has 0 saturated heterocycles. The lowest BCUT2D eigenvalue weighted by Gasteiger charge is -2.15. The number of aromatic nitrogens is 2. The lowest BCUT2D eigenvalue weighted by Crippen LogP contribution is -2.26. The van der Waals surface area contributed by atoms with Crippen LogP contribution in [0.3, 0.4) is 0 Å². The van der Waals surface area contributed by atoms with Crippen LogP contribution < -0.4 is 10.6 Å². The molecule has 4 aromatic rings. The molecular weight excluding hydrogens is 507 g/mol. The Labute approximate surface area is 223 Å². The molecule has 4 rings (SSSR count). The summed E-state index contributed by atoms with van der Waals surface area (Å²) in [5.41, 5.74) is 2.73. The molecule has 0 radical (unpaired) electrons. The zero-order valence-corrected chi connectivity index (χ0v) is 21.1. The van der Waals surface area contributed by atoms with E-state index in [9.17, 15) is 18.8 Å². The number of carbonyl (C=O) groups excluding carboxylic acids is 3. The molecule has 0 aliphatic carbocycles. The highest BCUT2D eigenvalue weighted by Crippen LogP contribution is 2.26. The lowest BCUT2D eigenvalue weighted by molar-refractivity contribution is -0.156. The van der Waals surface area contributed by atoms with Crippen LogP contribution in [-0.2, 0) is 19.1 Å². The fourth-order valence-electron chi connectivity index (χ4n) is 3.66. The van der Waals surface area contributed by atoms with Crippen LogP contribution in [0, 0.1) is 5.82 Å². The average Bonchev–Trinajstić information content (AvgIpc) is 3.40. The van der Waals surface area contributed by atoms with Gasteiger partial charge in [0, 0.05) is 5.69 Å². The molecule has 0 atom stereocenters. The highest BCUT2D eigenvalue weighted by molar-refractivity contribution is 6.01. The fraction of sp³-hybridized carbons (Fsp3) is 0.179. The summed E-state index contributed by atoms with van der Waals surface area (Å²) in [7, 11) is 0. The second-order valence-corrected chi connectivity index (χ2v) is 8.11. The Kier molecular flexibility index (Phi) is 8.62. The van der Waals surface area contributed by atoms with E-state index in [-0.39, 0.29) is 30.8 Å². The molecule has 10 nitrogen and oxygen atoms in total. The molecule has 0 bridgehead atoms. The van der Waals surface area contributed by atoms with E-state index in [0.29, 0.717) is 11.3 Å². The van der Waals surface area contributed by atoms with Gasteiger partial charge in [0.15, 0.2) is 5.92 Å². The Hall–Kier alpha value is -5.06. The van der Waals surface area contributed by atoms with E-state index in [1.54, 1.807) is 74.5 Å². The third kappa shape index (κ3) is 6.63. The molecule has 200 valence electrons. The summed E-state index contributed by atoms with van der Waals surface area (Å²) in [6, 6.07) is 19.7. The quantitative estimate of drug-likeness (QED) is 0.212. The van der Waals surface area contributed by atoms with Gasteiger partial charge >= 0.3 is 29.8 Å². The van der Waals surface area contributed by atoms with E-state index >= 15 is 0 Å². The van der Waals surface area contributed by atoms with E-state index in [1.165, 1.54) is 12.1 Å². The van der Waals surface area contributed by atoms with Crippen LogP contribution in [0.25, 0.3) is 11.1 Å². The van der Waals surface area contributed by atoms with E-state index < -0.39 is 29.6 Å². The number of hydrogen-bond acceptors (Lipinski definition) is 9. The van der Waals surface area contributed by atoms with Gasteiger partial charge in [0.1, 0.15) is 5.82 Å². The van der Waals surface area contributed by atoms with Gasteiger partial charge in [-0.3, -0.25) is 14.4 Å². The highest BCUT2D eigenvalue weighted by Gasteiger charge is 2.31. The number of nitrogens with one attached hydrogen (secondary N) is 2. The van der Waals surface area contributed by atoms with Crippen LogP contribution in [0.4, 0.5) is 21.8 Å². The van der Waals surface area contributed by atoms with Crippen molar-refractivity contribution >= 4 is 35.2 Å². The van der Waals surface area contributed by atoms with E-state index in [0.717, 1.165) is 11.1 Å². The van der Waals surface area contributed by atoms with Crippen LogP contribution in [0.2, 0.25) is 0 Å². The number of hydrogen-bond donors (Lipinski definition) is 2. The summed E-state index contributed by atoms with van der Waals surface area (Å²) in [6.45, 7) is 3.63. The van der Waals surface area contributed by atoms with Crippen LogP contribution in [0.5, 0.6) is 0 Å². The highest BCUT2D eigenvalue weighted by atomic mass is 19.1. The molecule has 1 amide bonds. The third-order valence-electron chi connectivity index (χ3n) is 5.50. The van der Waals surface area contributed by atoms with E-state index in [2.05, 4.69) is 20.8 Å². The van der Waals surface area contributed by atoms with Crippen molar-refractivity contribution in [1.29, 1.82) is 0 Å². The fourth-order valence-corrected chi connectivity index (χ4v) is 3.66. The molecule has 3 aromatic carbocycles. The maximum absolute atomic E-state index is 13.8. The molecule has 1 aromatic heterocycles. The van der Waals surface area contributed by atoms with Gasteiger partial charge in [-0.2, -0.15) is 0 Å². The number of anilines is 3. The standard InChI is InChI=1S/C28H25FN4O6/c1-3-37-26(35)23(27(36)38-4-2)19-11-9-17(10-12-19)18-13-15-20(16-14-18)30-24(34)25-32-33-28(39-25)31-22-8-6-5-7-21(22)29/h5-16,23H,3-4H2,1-2H3,(H,30,34)(H,31,33). The number of para-hydroxylation sites is 1. The molecule has 0 fully saturated rings. The van der Waals surface area contributed by atoms with Crippen LogP contribution in [0.15, 0.2) is 77.2 Å². The minimum absolute atomic E-state index is 0.128. The number of nitrogens with zero attached hydrogens (tertiary/aromatic N) is 2. The molecule has 1 heterocycles.